The van der Waals surface area contributed by atoms with Crippen LogP contribution in [0.5, 0.6) is 0 Å². The van der Waals surface area contributed by atoms with Gasteiger partial charge in [-0.3, -0.25) is 9.78 Å². The average molecular weight is 306 g/mol. The van der Waals surface area contributed by atoms with Gasteiger partial charge in [0.2, 0.25) is 0 Å². The summed E-state index contributed by atoms with van der Waals surface area (Å²) in [5.41, 5.74) is 3.19. The zero-order valence-corrected chi connectivity index (χ0v) is 11.7. The summed E-state index contributed by atoms with van der Waals surface area (Å²) in [6.07, 6.45) is 4.46. The molecule has 0 radical (unpaired) electrons. The summed E-state index contributed by atoms with van der Waals surface area (Å²) in [5.74, 6) is -0.268. The van der Waals surface area contributed by atoms with E-state index in [0.717, 1.165) is 21.3 Å². The van der Waals surface area contributed by atoms with E-state index < -0.39 is 0 Å². The Kier molecular flexibility index (Phi) is 3.72. The Labute approximate surface area is 114 Å². The smallest absolute Gasteiger partial charge is 0.275 e. The Morgan fingerprint density at radius 1 is 1.28 bits per heavy atom. The van der Waals surface area contributed by atoms with Gasteiger partial charge in [0.05, 0.1) is 11.9 Å². The van der Waals surface area contributed by atoms with Gasteiger partial charge in [-0.1, -0.05) is 6.07 Å². The molecule has 4 nitrogen and oxygen atoms in total. The normalized spacial score (nSPS) is 10.2. The summed E-state index contributed by atoms with van der Waals surface area (Å²) in [6.45, 7) is 3.95. The van der Waals surface area contributed by atoms with Crippen molar-refractivity contribution in [3.05, 3.63) is 52.0 Å². The molecule has 0 unspecified atom stereocenters. The van der Waals surface area contributed by atoms with E-state index in [1.54, 1.807) is 0 Å². The van der Waals surface area contributed by atoms with Crippen LogP contribution in [-0.2, 0) is 0 Å². The van der Waals surface area contributed by atoms with E-state index in [9.17, 15) is 4.79 Å². The van der Waals surface area contributed by atoms with Gasteiger partial charge in [0, 0.05) is 16.9 Å². The fourth-order valence-electron chi connectivity index (χ4n) is 1.67. The summed E-state index contributed by atoms with van der Waals surface area (Å²) in [6, 6.07) is 3.97. The molecule has 5 heteroatoms. The van der Waals surface area contributed by atoms with Crippen LogP contribution in [0.15, 0.2) is 35.2 Å². The van der Waals surface area contributed by atoms with Crippen LogP contribution < -0.4 is 5.32 Å². The van der Waals surface area contributed by atoms with Crippen LogP contribution in [0.25, 0.3) is 0 Å². The van der Waals surface area contributed by atoms with Gasteiger partial charge in [0.1, 0.15) is 5.69 Å². The van der Waals surface area contributed by atoms with Crippen molar-refractivity contribution in [2.75, 3.05) is 5.32 Å². The van der Waals surface area contributed by atoms with E-state index in [0.29, 0.717) is 5.69 Å². The van der Waals surface area contributed by atoms with Gasteiger partial charge in [0.25, 0.3) is 5.91 Å². The molecule has 0 aliphatic carbocycles. The number of carbonyl (C=O) groups is 1. The lowest BCUT2D eigenvalue weighted by Gasteiger charge is -2.11. The molecule has 0 bridgehead atoms. The van der Waals surface area contributed by atoms with Gasteiger partial charge in [-0.05, 0) is 47.0 Å². The van der Waals surface area contributed by atoms with Crippen molar-refractivity contribution < 1.29 is 4.79 Å². The van der Waals surface area contributed by atoms with Crippen LogP contribution in [0.2, 0.25) is 0 Å². The minimum absolute atomic E-state index is 0.268. The van der Waals surface area contributed by atoms with E-state index in [2.05, 4.69) is 31.2 Å². The number of carbonyl (C=O) groups excluding carboxylic acids is 1. The third-order valence-corrected chi connectivity index (χ3v) is 3.09. The molecule has 1 aromatic carbocycles. The first-order valence-corrected chi connectivity index (χ1v) is 6.21. The summed E-state index contributed by atoms with van der Waals surface area (Å²) < 4.78 is 0.859. The third-order valence-electron chi connectivity index (χ3n) is 2.47. The zero-order valence-electron chi connectivity index (χ0n) is 10.1. The lowest BCUT2D eigenvalue weighted by Crippen LogP contribution is -2.15. The highest BCUT2D eigenvalue weighted by molar-refractivity contribution is 9.10. The molecule has 0 spiro atoms. The molecule has 0 aliphatic rings. The van der Waals surface area contributed by atoms with Crippen molar-refractivity contribution in [2.45, 2.75) is 13.8 Å². The molecular weight excluding hydrogens is 294 g/mol. The molecule has 0 saturated heterocycles. The Balaban J connectivity index is 2.28. The zero-order chi connectivity index (χ0) is 13.1. The Morgan fingerprint density at radius 2 is 2.06 bits per heavy atom. The van der Waals surface area contributed by atoms with Crippen molar-refractivity contribution in [3.63, 3.8) is 0 Å². The lowest BCUT2D eigenvalue weighted by atomic mass is 10.1. The third kappa shape index (κ3) is 2.73. The number of rotatable bonds is 2. The number of halogens is 1. The maximum absolute atomic E-state index is 12.0. The van der Waals surface area contributed by atoms with Gasteiger partial charge in [-0.15, -0.1) is 0 Å². The highest BCUT2D eigenvalue weighted by atomic mass is 79.9. The van der Waals surface area contributed by atoms with Crippen LogP contribution in [0, 0.1) is 13.8 Å². The topological polar surface area (TPSA) is 54.9 Å². The van der Waals surface area contributed by atoms with Crippen molar-refractivity contribution in [2.24, 2.45) is 0 Å². The Morgan fingerprint density at radius 3 is 2.67 bits per heavy atom. The largest absolute Gasteiger partial charge is 0.319 e. The average Bonchev–Trinajstić information content (AvgIpc) is 2.34. The van der Waals surface area contributed by atoms with E-state index in [4.69, 9.17) is 0 Å². The highest BCUT2D eigenvalue weighted by Crippen LogP contribution is 2.28. The van der Waals surface area contributed by atoms with Crippen LogP contribution in [-0.4, -0.2) is 15.9 Å². The molecule has 0 aliphatic heterocycles. The summed E-state index contributed by atoms with van der Waals surface area (Å²) >= 11 is 3.45. The van der Waals surface area contributed by atoms with Crippen LogP contribution in [0.1, 0.15) is 21.6 Å². The lowest BCUT2D eigenvalue weighted by molar-refractivity contribution is 0.102. The Hall–Kier alpha value is -1.75. The number of anilines is 1. The van der Waals surface area contributed by atoms with E-state index in [1.807, 2.05) is 26.0 Å². The second-order valence-electron chi connectivity index (χ2n) is 3.98. The number of aromatic nitrogens is 2. The van der Waals surface area contributed by atoms with Crippen molar-refractivity contribution in [1.82, 2.24) is 9.97 Å². The fourth-order valence-corrected chi connectivity index (χ4v) is 2.44. The predicted octanol–water partition coefficient (Wildman–Crippen LogP) is 3.11. The monoisotopic (exact) mass is 305 g/mol. The molecule has 1 N–H and O–H groups in total. The van der Waals surface area contributed by atoms with E-state index in [-0.39, 0.29) is 5.91 Å². The summed E-state index contributed by atoms with van der Waals surface area (Å²) in [5, 5.41) is 2.83. The second-order valence-corrected chi connectivity index (χ2v) is 4.84. The van der Waals surface area contributed by atoms with Crippen LogP contribution in [0.4, 0.5) is 5.69 Å². The number of nitrogens with one attached hydrogen (secondary N) is 1. The molecule has 0 fully saturated rings. The minimum atomic E-state index is -0.268. The first-order chi connectivity index (χ1) is 8.58. The molecule has 2 aromatic rings. The maximum Gasteiger partial charge on any atom is 0.275 e. The van der Waals surface area contributed by atoms with Crippen molar-refractivity contribution in [3.8, 4) is 0 Å². The van der Waals surface area contributed by atoms with Gasteiger partial charge in [0.15, 0.2) is 0 Å². The molecule has 1 heterocycles. The number of hydrogen-bond donors (Lipinski definition) is 1. The quantitative estimate of drug-likeness (QED) is 0.927. The summed E-state index contributed by atoms with van der Waals surface area (Å²) in [7, 11) is 0. The second kappa shape index (κ2) is 5.27. The number of hydrogen-bond acceptors (Lipinski definition) is 3. The summed E-state index contributed by atoms with van der Waals surface area (Å²) in [4.78, 5) is 19.8. The number of aryl methyl sites for hydroxylation is 2. The molecule has 92 valence electrons. The maximum atomic E-state index is 12.0. The highest BCUT2D eigenvalue weighted by Gasteiger charge is 2.11. The number of amides is 1. The van der Waals surface area contributed by atoms with E-state index in [1.165, 1.54) is 18.6 Å². The van der Waals surface area contributed by atoms with Crippen molar-refractivity contribution >= 4 is 27.5 Å². The first kappa shape index (κ1) is 12.7. The molecule has 0 saturated carbocycles. The van der Waals surface area contributed by atoms with Gasteiger partial charge in [-0.2, -0.15) is 0 Å². The molecule has 0 atom stereocenters. The molecule has 18 heavy (non-hydrogen) atoms. The van der Waals surface area contributed by atoms with Crippen molar-refractivity contribution in [1.29, 1.82) is 0 Å². The molecule has 1 aromatic heterocycles. The standard InChI is InChI=1S/C13H12BrN3O/c1-8-5-9(2)12(10(14)6-8)17-13(18)11-7-15-3-4-16-11/h3-7H,1-2H3,(H,17,18). The Bertz CT molecular complexity index is 561. The predicted molar refractivity (Wildman–Crippen MR) is 73.6 cm³/mol. The fraction of sp³-hybridized carbons (Fsp3) is 0.154. The first-order valence-electron chi connectivity index (χ1n) is 5.42. The molecule has 2 rings (SSSR count). The SMILES string of the molecule is Cc1cc(C)c(NC(=O)c2cnccn2)c(Br)c1. The number of nitrogens with zero attached hydrogens (tertiary/aromatic N) is 2. The molecular formula is C13H12BrN3O. The molecule has 1 amide bonds. The van der Waals surface area contributed by atoms with Gasteiger partial charge in [-0.25, -0.2) is 4.98 Å². The van der Waals surface area contributed by atoms with Gasteiger partial charge < -0.3 is 5.32 Å². The van der Waals surface area contributed by atoms with Crippen LogP contribution in [0.3, 0.4) is 0 Å². The van der Waals surface area contributed by atoms with Crippen LogP contribution >= 0.6 is 15.9 Å². The minimum Gasteiger partial charge on any atom is -0.319 e. The van der Waals surface area contributed by atoms with Gasteiger partial charge >= 0.3 is 0 Å². The number of benzene rings is 1. The van der Waals surface area contributed by atoms with E-state index >= 15 is 0 Å².